The monoisotopic (exact) mass is 216 g/mol. The van der Waals surface area contributed by atoms with Crippen LogP contribution in [0.5, 0.6) is 0 Å². The van der Waals surface area contributed by atoms with E-state index in [4.69, 9.17) is 16.3 Å². The van der Waals surface area contributed by atoms with Gasteiger partial charge in [-0.2, -0.15) is 0 Å². The van der Waals surface area contributed by atoms with E-state index in [0.29, 0.717) is 5.76 Å². The summed E-state index contributed by atoms with van der Waals surface area (Å²) >= 11 is 6.13. The molecule has 2 nitrogen and oxygen atoms in total. The van der Waals surface area contributed by atoms with E-state index in [1.165, 1.54) is 19.8 Å². The Morgan fingerprint density at radius 3 is 2.86 bits per heavy atom. The summed E-state index contributed by atoms with van der Waals surface area (Å²) in [6, 6.07) is 0. The average molecular weight is 217 g/mol. The molecular weight excluding hydrogens is 200 g/mol. The number of esters is 1. The summed E-state index contributed by atoms with van der Waals surface area (Å²) < 4.78 is 5.08. The fraction of sp³-hybridized carbons (Fsp3) is 0.727. The van der Waals surface area contributed by atoms with Gasteiger partial charge in [-0.3, -0.25) is 4.79 Å². The minimum absolute atomic E-state index is 0.128. The standard InChI is InChI=1S/C11H17ClO2/c1-9(13)14-11-8-6-4-2-3-5-7-10(11)12/h8,10H,2-7H2,1H3/b11-8+. The first-order valence-electron chi connectivity index (χ1n) is 5.22. The Labute approximate surface area is 90.3 Å². The van der Waals surface area contributed by atoms with Crippen LogP contribution in [0.15, 0.2) is 11.8 Å². The highest BCUT2D eigenvalue weighted by atomic mass is 35.5. The minimum Gasteiger partial charge on any atom is -0.430 e. The lowest BCUT2D eigenvalue weighted by molar-refractivity contribution is -0.137. The maximum Gasteiger partial charge on any atom is 0.307 e. The molecule has 0 saturated heterocycles. The number of ether oxygens (including phenoxy) is 1. The Kier molecular flexibility index (Phi) is 5.02. The van der Waals surface area contributed by atoms with Gasteiger partial charge in [-0.05, 0) is 25.3 Å². The Bertz CT molecular complexity index is 223. The number of rotatable bonds is 1. The van der Waals surface area contributed by atoms with Crippen LogP contribution in [0.2, 0.25) is 0 Å². The number of allylic oxidation sites excluding steroid dienone is 2. The molecule has 14 heavy (non-hydrogen) atoms. The third-order valence-corrected chi connectivity index (χ3v) is 2.76. The minimum atomic E-state index is -0.277. The molecule has 1 rings (SSSR count). The highest BCUT2D eigenvalue weighted by Crippen LogP contribution is 2.22. The fourth-order valence-electron chi connectivity index (χ4n) is 1.61. The summed E-state index contributed by atoms with van der Waals surface area (Å²) in [5.74, 6) is 0.377. The topological polar surface area (TPSA) is 26.3 Å². The van der Waals surface area contributed by atoms with Crippen molar-refractivity contribution in [2.24, 2.45) is 0 Å². The van der Waals surface area contributed by atoms with Crippen LogP contribution in [-0.4, -0.2) is 11.3 Å². The second kappa shape index (κ2) is 6.07. The van der Waals surface area contributed by atoms with Crippen LogP contribution in [0.1, 0.15) is 45.4 Å². The van der Waals surface area contributed by atoms with Gasteiger partial charge in [-0.1, -0.05) is 19.3 Å². The average Bonchev–Trinajstić information content (AvgIpc) is 2.20. The van der Waals surface area contributed by atoms with Crippen LogP contribution in [0.4, 0.5) is 0 Å². The van der Waals surface area contributed by atoms with Gasteiger partial charge in [0.05, 0.1) is 5.38 Å². The summed E-state index contributed by atoms with van der Waals surface area (Å²) in [6.45, 7) is 1.41. The largest absolute Gasteiger partial charge is 0.430 e. The van der Waals surface area contributed by atoms with Crippen molar-refractivity contribution in [2.45, 2.75) is 50.8 Å². The quantitative estimate of drug-likeness (QED) is 0.496. The van der Waals surface area contributed by atoms with Crippen LogP contribution < -0.4 is 0 Å². The summed E-state index contributed by atoms with van der Waals surface area (Å²) in [5, 5.41) is -0.128. The van der Waals surface area contributed by atoms with Gasteiger partial charge in [-0.15, -0.1) is 11.6 Å². The summed E-state index contributed by atoms with van der Waals surface area (Å²) in [7, 11) is 0. The van der Waals surface area contributed by atoms with E-state index in [-0.39, 0.29) is 11.3 Å². The first kappa shape index (κ1) is 11.6. The van der Waals surface area contributed by atoms with Crippen LogP contribution in [0.3, 0.4) is 0 Å². The van der Waals surface area contributed by atoms with Crippen molar-refractivity contribution >= 4 is 17.6 Å². The lowest BCUT2D eigenvalue weighted by Crippen LogP contribution is -2.09. The van der Waals surface area contributed by atoms with Gasteiger partial charge < -0.3 is 4.74 Å². The Hall–Kier alpha value is -0.500. The van der Waals surface area contributed by atoms with E-state index >= 15 is 0 Å². The summed E-state index contributed by atoms with van der Waals surface area (Å²) in [5.41, 5.74) is 0. The number of hydrogen-bond acceptors (Lipinski definition) is 2. The van der Waals surface area contributed by atoms with E-state index in [1.807, 2.05) is 6.08 Å². The van der Waals surface area contributed by atoms with Crippen molar-refractivity contribution in [3.05, 3.63) is 11.8 Å². The van der Waals surface area contributed by atoms with Gasteiger partial charge in [-0.25, -0.2) is 0 Å². The van der Waals surface area contributed by atoms with Gasteiger partial charge >= 0.3 is 5.97 Å². The smallest absolute Gasteiger partial charge is 0.307 e. The highest BCUT2D eigenvalue weighted by molar-refractivity contribution is 6.22. The number of carbonyl (C=O) groups is 1. The third kappa shape index (κ3) is 4.14. The van der Waals surface area contributed by atoms with E-state index in [2.05, 4.69) is 0 Å². The van der Waals surface area contributed by atoms with Gasteiger partial charge in [0.2, 0.25) is 0 Å². The zero-order valence-electron chi connectivity index (χ0n) is 8.59. The number of hydrogen-bond donors (Lipinski definition) is 0. The highest BCUT2D eigenvalue weighted by Gasteiger charge is 2.15. The summed E-state index contributed by atoms with van der Waals surface area (Å²) in [4.78, 5) is 10.8. The SMILES string of the molecule is CC(=O)O/C1=C/CCCCCCC1Cl. The lowest BCUT2D eigenvalue weighted by Gasteiger charge is -2.12. The molecule has 0 spiro atoms. The molecule has 0 amide bonds. The van der Waals surface area contributed by atoms with Crippen molar-refractivity contribution < 1.29 is 9.53 Å². The zero-order valence-corrected chi connectivity index (χ0v) is 9.35. The van der Waals surface area contributed by atoms with Crippen molar-refractivity contribution in [1.29, 1.82) is 0 Å². The second-order valence-electron chi connectivity index (χ2n) is 3.66. The molecule has 0 N–H and O–H groups in total. The van der Waals surface area contributed by atoms with Crippen molar-refractivity contribution in [1.82, 2.24) is 0 Å². The molecule has 80 valence electrons. The Balaban J connectivity index is 2.58. The molecule has 0 aromatic carbocycles. The molecule has 0 aliphatic heterocycles. The molecule has 0 radical (unpaired) electrons. The molecule has 0 heterocycles. The number of carbonyl (C=O) groups excluding carboxylic acids is 1. The fourth-order valence-corrected chi connectivity index (χ4v) is 1.90. The Morgan fingerprint density at radius 1 is 1.43 bits per heavy atom. The van der Waals surface area contributed by atoms with Gasteiger partial charge in [0.25, 0.3) is 0 Å². The zero-order chi connectivity index (χ0) is 10.4. The van der Waals surface area contributed by atoms with E-state index in [0.717, 1.165) is 25.7 Å². The predicted octanol–water partition coefficient (Wildman–Crippen LogP) is 3.40. The molecule has 1 unspecified atom stereocenters. The molecule has 1 aliphatic rings. The molecule has 0 fully saturated rings. The van der Waals surface area contributed by atoms with Crippen molar-refractivity contribution in [3.63, 3.8) is 0 Å². The maximum absolute atomic E-state index is 10.8. The first-order chi connectivity index (χ1) is 6.70. The predicted molar refractivity (Wildman–Crippen MR) is 57.2 cm³/mol. The van der Waals surface area contributed by atoms with Crippen LogP contribution in [0, 0.1) is 0 Å². The third-order valence-electron chi connectivity index (χ3n) is 2.33. The Morgan fingerprint density at radius 2 is 2.14 bits per heavy atom. The molecular formula is C11H17ClO2. The first-order valence-corrected chi connectivity index (χ1v) is 5.66. The van der Waals surface area contributed by atoms with E-state index in [9.17, 15) is 4.79 Å². The van der Waals surface area contributed by atoms with Gasteiger partial charge in [0.1, 0.15) is 5.76 Å². The number of halogens is 1. The molecule has 0 aromatic rings. The van der Waals surface area contributed by atoms with E-state index in [1.54, 1.807) is 0 Å². The van der Waals surface area contributed by atoms with E-state index < -0.39 is 0 Å². The normalized spacial score (nSPS) is 27.9. The van der Waals surface area contributed by atoms with Gasteiger partial charge in [0.15, 0.2) is 0 Å². The van der Waals surface area contributed by atoms with Crippen LogP contribution in [0.25, 0.3) is 0 Å². The van der Waals surface area contributed by atoms with Crippen LogP contribution in [-0.2, 0) is 9.53 Å². The molecule has 0 saturated carbocycles. The molecule has 1 aliphatic carbocycles. The maximum atomic E-state index is 10.8. The lowest BCUT2D eigenvalue weighted by atomic mass is 10.1. The van der Waals surface area contributed by atoms with Crippen LogP contribution >= 0.6 is 11.6 Å². The molecule has 0 bridgehead atoms. The van der Waals surface area contributed by atoms with Crippen molar-refractivity contribution in [3.8, 4) is 0 Å². The van der Waals surface area contributed by atoms with Gasteiger partial charge in [0, 0.05) is 6.92 Å². The molecule has 0 aromatic heterocycles. The summed E-state index contributed by atoms with van der Waals surface area (Å²) in [6.07, 6.45) is 8.58. The number of alkyl halides is 1. The second-order valence-corrected chi connectivity index (χ2v) is 4.19. The molecule has 3 heteroatoms. The molecule has 1 atom stereocenters. The van der Waals surface area contributed by atoms with Crippen molar-refractivity contribution in [2.75, 3.05) is 0 Å².